The molecule has 0 saturated heterocycles. The van der Waals surface area contributed by atoms with Gasteiger partial charge < -0.3 is 20.9 Å². The molecule has 0 fully saturated rings. The molecular weight excluding hydrogens is 408 g/mol. The van der Waals surface area contributed by atoms with Gasteiger partial charge in [-0.15, -0.1) is 0 Å². The largest absolute Gasteiger partial charge is 0.493 e. The second-order valence-corrected chi connectivity index (χ2v) is 6.91. The van der Waals surface area contributed by atoms with E-state index in [4.69, 9.17) is 10.5 Å². The summed E-state index contributed by atoms with van der Waals surface area (Å²) in [4.78, 5) is 8.62. The number of nitrogens with zero attached hydrogens (tertiary/aromatic N) is 2. The van der Waals surface area contributed by atoms with Crippen LogP contribution in [0.1, 0.15) is 25.5 Å². The first-order valence-electron chi connectivity index (χ1n) is 8.58. The highest BCUT2D eigenvalue weighted by Gasteiger charge is 2.12. The Kier molecular flexibility index (Phi) is 5.93. The first-order valence-corrected chi connectivity index (χ1v) is 9.38. The number of aliphatic hydroxyl groups excluding tert-OH is 1. The minimum atomic E-state index is -0.506. The average molecular weight is 429 g/mol. The molecule has 1 atom stereocenters. The predicted molar refractivity (Wildman–Crippen MR) is 111 cm³/mol. The lowest BCUT2D eigenvalue weighted by molar-refractivity contribution is 0.199. The number of benzene rings is 2. The van der Waals surface area contributed by atoms with E-state index in [0.717, 1.165) is 27.0 Å². The Balaban J connectivity index is 1.94. The minimum Gasteiger partial charge on any atom is -0.493 e. The molecule has 0 aliphatic heterocycles. The number of nitrogens with two attached hydrogens (primary N) is 1. The first-order chi connectivity index (χ1) is 13.0. The number of aliphatic hydroxyl groups is 1. The number of rotatable bonds is 6. The molecule has 0 aliphatic carbocycles. The lowest BCUT2D eigenvalue weighted by Gasteiger charge is -2.13. The van der Waals surface area contributed by atoms with E-state index >= 15 is 0 Å². The van der Waals surface area contributed by atoms with Gasteiger partial charge in [-0.1, -0.05) is 28.1 Å². The van der Waals surface area contributed by atoms with Crippen LogP contribution < -0.4 is 15.8 Å². The number of hydrogen-bond donors (Lipinski definition) is 3. The highest BCUT2D eigenvalue weighted by Crippen LogP contribution is 2.33. The summed E-state index contributed by atoms with van der Waals surface area (Å²) in [6.45, 7) is 4.22. The van der Waals surface area contributed by atoms with Gasteiger partial charge in [0.2, 0.25) is 5.95 Å². The molecule has 2 aromatic carbocycles. The number of nitrogens with one attached hydrogen (secondary N) is 1. The van der Waals surface area contributed by atoms with Crippen LogP contribution in [0.15, 0.2) is 53.0 Å². The standard InChI is InChI=1S/C20H21BrN4O2/c1-3-27-18-9-6-14(21)10-16(18)17-11-19(25-20(22)24-17)23-15-7-4-13(5-8-15)12(2)26/h4-12,26H,3H2,1-2H3,(H3,22,23,24,25)/t12-/m1/s1. The van der Waals surface area contributed by atoms with E-state index in [0.29, 0.717) is 18.1 Å². The maximum Gasteiger partial charge on any atom is 0.222 e. The second kappa shape index (κ2) is 8.37. The Hall–Kier alpha value is -2.64. The molecule has 0 spiro atoms. The van der Waals surface area contributed by atoms with Gasteiger partial charge in [-0.25, -0.2) is 4.98 Å². The van der Waals surface area contributed by atoms with Crippen molar-refractivity contribution < 1.29 is 9.84 Å². The molecule has 0 aliphatic rings. The SMILES string of the molecule is CCOc1ccc(Br)cc1-c1cc(Nc2ccc([C@@H](C)O)cc2)nc(N)n1. The van der Waals surface area contributed by atoms with Gasteiger partial charge in [0.25, 0.3) is 0 Å². The van der Waals surface area contributed by atoms with Crippen molar-refractivity contribution in [2.24, 2.45) is 0 Å². The molecular formula is C20H21BrN4O2. The van der Waals surface area contributed by atoms with Crippen LogP contribution in [-0.2, 0) is 0 Å². The zero-order chi connectivity index (χ0) is 19.4. The molecule has 3 aromatic rings. The minimum absolute atomic E-state index is 0.165. The molecule has 27 heavy (non-hydrogen) atoms. The fraction of sp³-hybridized carbons (Fsp3) is 0.200. The molecule has 0 saturated carbocycles. The lowest BCUT2D eigenvalue weighted by Crippen LogP contribution is -2.03. The van der Waals surface area contributed by atoms with Crippen LogP contribution in [0.3, 0.4) is 0 Å². The van der Waals surface area contributed by atoms with E-state index in [2.05, 4.69) is 31.2 Å². The van der Waals surface area contributed by atoms with Crippen LogP contribution in [0.25, 0.3) is 11.3 Å². The van der Waals surface area contributed by atoms with Gasteiger partial charge in [0, 0.05) is 21.8 Å². The van der Waals surface area contributed by atoms with Crippen molar-refractivity contribution in [2.75, 3.05) is 17.7 Å². The Morgan fingerprint density at radius 2 is 1.89 bits per heavy atom. The van der Waals surface area contributed by atoms with E-state index in [1.54, 1.807) is 6.92 Å². The molecule has 6 nitrogen and oxygen atoms in total. The van der Waals surface area contributed by atoms with Gasteiger partial charge in [-0.05, 0) is 49.7 Å². The predicted octanol–water partition coefficient (Wildman–Crippen LogP) is 4.68. The van der Waals surface area contributed by atoms with Gasteiger partial charge >= 0.3 is 0 Å². The Bertz CT molecular complexity index is 930. The van der Waals surface area contributed by atoms with Crippen molar-refractivity contribution >= 4 is 33.4 Å². The van der Waals surface area contributed by atoms with E-state index in [-0.39, 0.29) is 5.95 Å². The van der Waals surface area contributed by atoms with Gasteiger partial charge in [0.15, 0.2) is 0 Å². The number of ether oxygens (including phenoxy) is 1. The molecule has 1 heterocycles. The van der Waals surface area contributed by atoms with Crippen molar-refractivity contribution in [1.29, 1.82) is 0 Å². The quantitative estimate of drug-likeness (QED) is 0.527. The van der Waals surface area contributed by atoms with E-state index in [1.807, 2.05) is 55.5 Å². The van der Waals surface area contributed by atoms with Crippen LogP contribution in [0.4, 0.5) is 17.5 Å². The zero-order valence-corrected chi connectivity index (χ0v) is 16.7. The van der Waals surface area contributed by atoms with Gasteiger partial charge in [0.1, 0.15) is 11.6 Å². The van der Waals surface area contributed by atoms with Crippen LogP contribution in [0, 0.1) is 0 Å². The van der Waals surface area contributed by atoms with Gasteiger partial charge in [0.05, 0.1) is 18.4 Å². The summed E-state index contributed by atoms with van der Waals surface area (Å²) in [6.07, 6.45) is -0.506. The summed E-state index contributed by atoms with van der Waals surface area (Å²) >= 11 is 3.49. The topological polar surface area (TPSA) is 93.3 Å². The molecule has 140 valence electrons. The number of halogens is 1. The van der Waals surface area contributed by atoms with Crippen LogP contribution in [0.2, 0.25) is 0 Å². The van der Waals surface area contributed by atoms with Crippen molar-refractivity contribution in [3.63, 3.8) is 0 Å². The zero-order valence-electron chi connectivity index (χ0n) is 15.1. The number of aromatic nitrogens is 2. The smallest absolute Gasteiger partial charge is 0.222 e. The molecule has 1 aromatic heterocycles. The third-order valence-corrected chi connectivity index (χ3v) is 4.42. The summed E-state index contributed by atoms with van der Waals surface area (Å²) in [5, 5.41) is 12.8. The molecule has 0 bridgehead atoms. The van der Waals surface area contributed by atoms with Crippen LogP contribution in [0.5, 0.6) is 5.75 Å². The third kappa shape index (κ3) is 4.75. The molecule has 0 amide bonds. The first kappa shape index (κ1) is 19.1. The molecule has 0 unspecified atom stereocenters. The summed E-state index contributed by atoms with van der Waals surface area (Å²) in [5.41, 5.74) is 9.10. The van der Waals surface area contributed by atoms with Gasteiger partial charge in [-0.2, -0.15) is 4.98 Å². The molecule has 0 radical (unpaired) electrons. The average Bonchev–Trinajstić information content (AvgIpc) is 2.63. The molecule has 7 heteroatoms. The normalized spacial score (nSPS) is 11.9. The summed E-state index contributed by atoms with van der Waals surface area (Å²) in [6, 6.07) is 15.1. The van der Waals surface area contributed by atoms with Crippen molar-refractivity contribution in [3.8, 4) is 17.0 Å². The second-order valence-electron chi connectivity index (χ2n) is 5.99. The summed E-state index contributed by atoms with van der Waals surface area (Å²) in [5.74, 6) is 1.47. The summed E-state index contributed by atoms with van der Waals surface area (Å²) < 4.78 is 6.63. The van der Waals surface area contributed by atoms with Crippen molar-refractivity contribution in [3.05, 3.63) is 58.6 Å². The molecule has 4 N–H and O–H groups in total. The molecule has 3 rings (SSSR count). The van der Waals surface area contributed by atoms with E-state index in [9.17, 15) is 5.11 Å². The lowest BCUT2D eigenvalue weighted by atomic mass is 10.1. The fourth-order valence-corrected chi connectivity index (χ4v) is 3.01. The van der Waals surface area contributed by atoms with E-state index < -0.39 is 6.10 Å². The van der Waals surface area contributed by atoms with E-state index in [1.165, 1.54) is 0 Å². The highest BCUT2D eigenvalue weighted by atomic mass is 79.9. The Labute approximate surface area is 166 Å². The maximum absolute atomic E-state index is 9.62. The Morgan fingerprint density at radius 3 is 2.56 bits per heavy atom. The van der Waals surface area contributed by atoms with Gasteiger partial charge in [-0.3, -0.25) is 0 Å². The van der Waals surface area contributed by atoms with Crippen molar-refractivity contribution in [1.82, 2.24) is 9.97 Å². The monoisotopic (exact) mass is 428 g/mol. The summed E-state index contributed by atoms with van der Waals surface area (Å²) in [7, 11) is 0. The van der Waals surface area contributed by atoms with Crippen LogP contribution in [-0.4, -0.2) is 21.7 Å². The maximum atomic E-state index is 9.62. The fourth-order valence-electron chi connectivity index (χ4n) is 2.64. The number of nitrogen functional groups attached to an aromatic ring is 1. The van der Waals surface area contributed by atoms with Crippen molar-refractivity contribution in [2.45, 2.75) is 20.0 Å². The number of anilines is 3. The third-order valence-electron chi connectivity index (χ3n) is 3.93. The highest BCUT2D eigenvalue weighted by molar-refractivity contribution is 9.10. The Morgan fingerprint density at radius 1 is 1.15 bits per heavy atom. The van der Waals surface area contributed by atoms with Crippen LogP contribution >= 0.6 is 15.9 Å². The number of hydrogen-bond acceptors (Lipinski definition) is 6.